The van der Waals surface area contributed by atoms with E-state index in [0.29, 0.717) is 6.04 Å². The van der Waals surface area contributed by atoms with Crippen LogP contribution in [0.5, 0.6) is 0 Å². The summed E-state index contributed by atoms with van der Waals surface area (Å²) in [7, 11) is 2.18. The highest BCUT2D eigenvalue weighted by Gasteiger charge is 2.21. The van der Waals surface area contributed by atoms with E-state index in [1.54, 1.807) is 0 Å². The molecule has 1 fully saturated rings. The monoisotopic (exact) mass is 276 g/mol. The second-order valence-corrected chi connectivity index (χ2v) is 5.75. The summed E-state index contributed by atoms with van der Waals surface area (Å²) in [5.74, 6) is 3.02. The van der Waals surface area contributed by atoms with E-state index in [9.17, 15) is 0 Å². The summed E-state index contributed by atoms with van der Waals surface area (Å²) in [5, 5.41) is 3.40. The predicted molar refractivity (Wildman–Crippen MR) is 85.5 cm³/mol. The van der Waals surface area contributed by atoms with E-state index in [-0.39, 0.29) is 0 Å². The molecule has 1 aromatic heterocycles. The average Bonchev–Trinajstić information content (AvgIpc) is 2.98. The van der Waals surface area contributed by atoms with Crippen LogP contribution in [0.25, 0.3) is 0 Å². The second-order valence-electron chi connectivity index (χ2n) is 5.75. The Morgan fingerprint density at radius 2 is 1.95 bits per heavy atom. The summed E-state index contributed by atoms with van der Waals surface area (Å²) >= 11 is 0. The van der Waals surface area contributed by atoms with Gasteiger partial charge in [0.25, 0.3) is 0 Å². The molecule has 0 aromatic carbocycles. The Morgan fingerprint density at radius 1 is 1.20 bits per heavy atom. The standard InChI is InChI=1S/C16H28N4/c1-4-8-14-18-15(17-11-5-2)12-16(19-14)20(3)13-9-6-7-10-13/h12-13H,4-11H2,1-3H3,(H,17,18,19). The van der Waals surface area contributed by atoms with Gasteiger partial charge in [-0.05, 0) is 25.7 Å². The van der Waals surface area contributed by atoms with Gasteiger partial charge in [-0.3, -0.25) is 0 Å². The summed E-state index contributed by atoms with van der Waals surface area (Å²) in [6, 6.07) is 2.76. The van der Waals surface area contributed by atoms with Crippen molar-refractivity contribution in [2.75, 3.05) is 23.8 Å². The predicted octanol–water partition coefficient (Wildman–Crippen LogP) is 3.63. The van der Waals surface area contributed by atoms with Crippen molar-refractivity contribution in [3.63, 3.8) is 0 Å². The first kappa shape index (κ1) is 15.1. The van der Waals surface area contributed by atoms with Gasteiger partial charge in [-0.25, -0.2) is 9.97 Å². The first-order valence-corrected chi connectivity index (χ1v) is 8.09. The summed E-state index contributed by atoms with van der Waals surface area (Å²) < 4.78 is 0. The Hall–Kier alpha value is -1.32. The molecule has 1 saturated carbocycles. The van der Waals surface area contributed by atoms with Crippen molar-refractivity contribution in [2.45, 2.75) is 64.8 Å². The minimum Gasteiger partial charge on any atom is -0.370 e. The Labute approximate surface area is 123 Å². The molecule has 1 heterocycles. The second kappa shape index (κ2) is 7.46. The minimum atomic E-state index is 0.651. The molecule has 0 spiro atoms. The van der Waals surface area contributed by atoms with Crippen LogP contribution in [0.4, 0.5) is 11.6 Å². The molecule has 1 aliphatic rings. The molecular formula is C16H28N4. The summed E-state index contributed by atoms with van der Waals surface area (Å²) in [6.45, 7) is 5.32. The molecule has 0 amide bonds. The molecule has 1 aromatic rings. The third-order valence-electron chi connectivity index (χ3n) is 4.02. The zero-order chi connectivity index (χ0) is 14.4. The lowest BCUT2D eigenvalue weighted by atomic mass is 10.2. The summed E-state index contributed by atoms with van der Waals surface area (Å²) in [4.78, 5) is 11.7. The molecule has 0 bridgehead atoms. The summed E-state index contributed by atoms with van der Waals surface area (Å²) in [5.41, 5.74) is 0. The normalized spacial score (nSPS) is 15.6. The van der Waals surface area contributed by atoms with Crippen LogP contribution in [0.2, 0.25) is 0 Å². The van der Waals surface area contributed by atoms with Crippen LogP contribution in [0.15, 0.2) is 6.07 Å². The van der Waals surface area contributed by atoms with Gasteiger partial charge < -0.3 is 10.2 Å². The van der Waals surface area contributed by atoms with Gasteiger partial charge in [0, 0.05) is 32.1 Å². The van der Waals surface area contributed by atoms with Crippen LogP contribution < -0.4 is 10.2 Å². The van der Waals surface area contributed by atoms with Gasteiger partial charge in [-0.1, -0.05) is 26.7 Å². The minimum absolute atomic E-state index is 0.651. The lowest BCUT2D eigenvalue weighted by Crippen LogP contribution is -2.30. The fourth-order valence-electron chi connectivity index (χ4n) is 2.82. The SMILES string of the molecule is CCCNc1cc(N(C)C2CCCC2)nc(CCC)n1. The van der Waals surface area contributed by atoms with Gasteiger partial charge in [0.2, 0.25) is 0 Å². The average molecular weight is 276 g/mol. The topological polar surface area (TPSA) is 41.0 Å². The molecule has 112 valence electrons. The Kier molecular flexibility index (Phi) is 5.62. The number of aryl methyl sites for hydroxylation is 1. The first-order valence-electron chi connectivity index (χ1n) is 8.09. The van der Waals surface area contributed by atoms with Gasteiger partial charge in [0.15, 0.2) is 0 Å². The third-order valence-corrected chi connectivity index (χ3v) is 4.02. The van der Waals surface area contributed by atoms with Crippen LogP contribution in [0, 0.1) is 0 Å². The molecule has 20 heavy (non-hydrogen) atoms. The molecule has 0 saturated heterocycles. The smallest absolute Gasteiger partial charge is 0.134 e. The van der Waals surface area contributed by atoms with Crippen LogP contribution in [-0.4, -0.2) is 29.6 Å². The third kappa shape index (κ3) is 3.84. The van der Waals surface area contributed by atoms with Crippen molar-refractivity contribution in [3.8, 4) is 0 Å². The van der Waals surface area contributed by atoms with E-state index in [0.717, 1.165) is 43.3 Å². The Bertz CT molecular complexity index is 413. The van der Waals surface area contributed by atoms with E-state index in [1.165, 1.54) is 25.7 Å². The molecule has 4 heteroatoms. The van der Waals surface area contributed by atoms with Crippen molar-refractivity contribution in [3.05, 3.63) is 11.9 Å². The maximum absolute atomic E-state index is 4.75. The molecule has 2 rings (SSSR count). The van der Waals surface area contributed by atoms with Crippen LogP contribution in [-0.2, 0) is 6.42 Å². The Balaban J connectivity index is 2.18. The van der Waals surface area contributed by atoms with Crippen molar-refractivity contribution in [2.24, 2.45) is 0 Å². The largest absolute Gasteiger partial charge is 0.370 e. The highest BCUT2D eigenvalue weighted by atomic mass is 15.2. The van der Waals surface area contributed by atoms with Gasteiger partial charge in [-0.2, -0.15) is 0 Å². The zero-order valence-electron chi connectivity index (χ0n) is 13.2. The lowest BCUT2D eigenvalue weighted by Gasteiger charge is -2.26. The van der Waals surface area contributed by atoms with Gasteiger partial charge >= 0.3 is 0 Å². The molecule has 0 aliphatic heterocycles. The number of hydrogen-bond acceptors (Lipinski definition) is 4. The maximum atomic E-state index is 4.75. The van der Waals surface area contributed by atoms with Gasteiger partial charge in [0.1, 0.15) is 17.5 Å². The van der Waals surface area contributed by atoms with Crippen LogP contribution >= 0.6 is 0 Å². The molecule has 1 aliphatic carbocycles. The molecule has 0 atom stereocenters. The van der Waals surface area contributed by atoms with Gasteiger partial charge in [-0.15, -0.1) is 0 Å². The number of anilines is 2. The fraction of sp³-hybridized carbons (Fsp3) is 0.750. The molecule has 0 unspecified atom stereocenters. The van der Waals surface area contributed by atoms with Crippen molar-refractivity contribution >= 4 is 11.6 Å². The highest BCUT2D eigenvalue weighted by molar-refractivity contribution is 5.49. The van der Waals surface area contributed by atoms with E-state index in [2.05, 4.69) is 42.2 Å². The lowest BCUT2D eigenvalue weighted by molar-refractivity contribution is 0.643. The maximum Gasteiger partial charge on any atom is 0.134 e. The van der Waals surface area contributed by atoms with Crippen LogP contribution in [0.3, 0.4) is 0 Å². The fourth-order valence-corrected chi connectivity index (χ4v) is 2.82. The molecule has 0 radical (unpaired) electrons. The van der Waals surface area contributed by atoms with Crippen molar-refractivity contribution < 1.29 is 0 Å². The first-order chi connectivity index (χ1) is 9.74. The van der Waals surface area contributed by atoms with Crippen LogP contribution in [0.1, 0.15) is 58.2 Å². The zero-order valence-corrected chi connectivity index (χ0v) is 13.2. The van der Waals surface area contributed by atoms with E-state index in [1.807, 2.05) is 0 Å². The molecule has 4 nitrogen and oxygen atoms in total. The van der Waals surface area contributed by atoms with E-state index >= 15 is 0 Å². The molecular weight excluding hydrogens is 248 g/mol. The van der Waals surface area contributed by atoms with Crippen molar-refractivity contribution in [1.29, 1.82) is 0 Å². The quantitative estimate of drug-likeness (QED) is 0.825. The number of nitrogens with zero attached hydrogens (tertiary/aromatic N) is 3. The Morgan fingerprint density at radius 3 is 2.60 bits per heavy atom. The number of rotatable bonds is 7. The van der Waals surface area contributed by atoms with E-state index < -0.39 is 0 Å². The number of aromatic nitrogens is 2. The van der Waals surface area contributed by atoms with E-state index in [4.69, 9.17) is 4.98 Å². The number of nitrogens with one attached hydrogen (secondary N) is 1. The van der Waals surface area contributed by atoms with Crippen molar-refractivity contribution in [1.82, 2.24) is 9.97 Å². The molecule has 1 N–H and O–H groups in total. The van der Waals surface area contributed by atoms with Gasteiger partial charge in [0.05, 0.1) is 0 Å². The summed E-state index contributed by atoms with van der Waals surface area (Å²) in [6.07, 6.45) is 8.44. The number of hydrogen-bond donors (Lipinski definition) is 1. The highest BCUT2D eigenvalue weighted by Crippen LogP contribution is 2.27.